The van der Waals surface area contributed by atoms with Crippen LogP contribution in [-0.2, 0) is 25.5 Å². The highest BCUT2D eigenvalue weighted by atomic mass is 16.5. The molecular weight excluding hydrogens is 414 g/mol. The van der Waals surface area contributed by atoms with Gasteiger partial charge in [0.1, 0.15) is 18.1 Å². The molecular formula is C23H31N3O6. The minimum Gasteiger partial charge on any atom is -0.480 e. The Morgan fingerprint density at radius 3 is 2.59 bits per heavy atom. The molecule has 0 bridgehead atoms. The lowest BCUT2D eigenvalue weighted by atomic mass is 10.0. The van der Waals surface area contributed by atoms with Crippen LogP contribution in [0.4, 0.5) is 0 Å². The summed E-state index contributed by atoms with van der Waals surface area (Å²) >= 11 is 0. The molecule has 1 saturated carbocycles. The minimum atomic E-state index is -1.08. The number of carboxylic acid groups (broad SMARTS) is 1. The van der Waals surface area contributed by atoms with Crippen LogP contribution < -0.4 is 0 Å². The Bertz CT molecular complexity index is 832. The van der Waals surface area contributed by atoms with Crippen LogP contribution in [0.25, 0.3) is 0 Å². The molecule has 1 aliphatic heterocycles. The van der Waals surface area contributed by atoms with Crippen molar-refractivity contribution in [2.45, 2.75) is 76.5 Å². The summed E-state index contributed by atoms with van der Waals surface area (Å²) in [7, 11) is 0. The third-order valence-electron chi connectivity index (χ3n) is 6.65. The molecule has 9 nitrogen and oxygen atoms in total. The van der Waals surface area contributed by atoms with Crippen molar-refractivity contribution >= 4 is 17.8 Å². The molecule has 2 fully saturated rings. The maximum absolute atomic E-state index is 13.4. The van der Waals surface area contributed by atoms with Crippen LogP contribution in [0.3, 0.4) is 0 Å². The van der Waals surface area contributed by atoms with Crippen molar-refractivity contribution in [3.63, 3.8) is 0 Å². The number of esters is 1. The Kier molecular flexibility index (Phi) is 7.82. The molecule has 1 N–H and O–H groups in total. The second kappa shape index (κ2) is 10.6. The number of rotatable bonds is 10. The van der Waals surface area contributed by atoms with E-state index in [1.54, 1.807) is 6.92 Å². The predicted octanol–water partition coefficient (Wildman–Crippen LogP) is 2.78. The quantitative estimate of drug-likeness (QED) is 0.334. The number of carbonyl (C=O) groups is 3. The van der Waals surface area contributed by atoms with Crippen molar-refractivity contribution in [3.05, 3.63) is 40.8 Å². The minimum absolute atomic E-state index is 0.132. The molecule has 0 aromatic heterocycles. The molecule has 1 saturated heterocycles. The second-order valence-electron chi connectivity index (χ2n) is 8.52. The second-order valence-corrected chi connectivity index (χ2v) is 8.52. The number of carbonyl (C=O) groups excluding carboxylic acids is 2. The van der Waals surface area contributed by atoms with Gasteiger partial charge < -0.3 is 14.7 Å². The van der Waals surface area contributed by atoms with Crippen molar-refractivity contribution in [1.82, 2.24) is 9.91 Å². The van der Waals surface area contributed by atoms with Gasteiger partial charge in [0, 0.05) is 6.04 Å². The van der Waals surface area contributed by atoms with E-state index in [9.17, 15) is 24.4 Å². The monoisotopic (exact) mass is 445 g/mol. The SMILES string of the molecule is CCOC(=O)[C@H](CCc1ccccc1)N(N=O)[C@@H](C)C(=O)N1[C@H](C(=O)O)C[C@@H]2CCC[C@@H]21. The van der Waals surface area contributed by atoms with Crippen molar-refractivity contribution in [1.29, 1.82) is 0 Å². The summed E-state index contributed by atoms with van der Waals surface area (Å²) in [5.74, 6) is -2.00. The molecule has 174 valence electrons. The van der Waals surface area contributed by atoms with E-state index >= 15 is 0 Å². The number of carboxylic acids is 1. The van der Waals surface area contributed by atoms with E-state index in [1.165, 1.54) is 11.8 Å². The number of likely N-dealkylation sites (tertiary alicyclic amines) is 1. The average molecular weight is 446 g/mol. The third kappa shape index (κ3) is 4.92. The smallest absolute Gasteiger partial charge is 0.330 e. The molecule has 32 heavy (non-hydrogen) atoms. The van der Waals surface area contributed by atoms with E-state index in [0.717, 1.165) is 29.8 Å². The molecule has 0 spiro atoms. The zero-order valence-electron chi connectivity index (χ0n) is 18.6. The first-order valence-electron chi connectivity index (χ1n) is 11.3. The molecule has 9 heteroatoms. The zero-order chi connectivity index (χ0) is 23.3. The van der Waals surface area contributed by atoms with Crippen molar-refractivity contribution in [3.8, 4) is 0 Å². The van der Waals surface area contributed by atoms with Gasteiger partial charge in [0.15, 0.2) is 0 Å². The van der Waals surface area contributed by atoms with Gasteiger partial charge in [-0.3, -0.25) is 4.79 Å². The lowest BCUT2D eigenvalue weighted by Gasteiger charge is -2.35. The predicted molar refractivity (Wildman–Crippen MR) is 116 cm³/mol. The van der Waals surface area contributed by atoms with Gasteiger partial charge in [0.2, 0.25) is 5.91 Å². The number of ether oxygens (including phenoxy) is 1. The normalized spacial score (nSPS) is 23.8. The number of amides is 1. The van der Waals surface area contributed by atoms with Gasteiger partial charge in [-0.15, -0.1) is 4.91 Å². The highest BCUT2D eigenvalue weighted by Crippen LogP contribution is 2.42. The Labute approximate surface area is 187 Å². The van der Waals surface area contributed by atoms with Crippen LogP contribution >= 0.6 is 0 Å². The molecule has 5 atom stereocenters. The van der Waals surface area contributed by atoms with Crippen molar-refractivity contribution in [2.75, 3.05) is 6.61 Å². The van der Waals surface area contributed by atoms with Gasteiger partial charge in [0.05, 0.1) is 11.9 Å². The van der Waals surface area contributed by atoms with Crippen molar-refractivity contribution in [2.24, 2.45) is 11.2 Å². The molecule has 0 radical (unpaired) electrons. The fourth-order valence-corrected chi connectivity index (χ4v) is 5.10. The van der Waals surface area contributed by atoms with E-state index in [4.69, 9.17) is 4.74 Å². The summed E-state index contributed by atoms with van der Waals surface area (Å²) in [5, 5.41) is 13.7. The molecule has 1 heterocycles. The molecule has 0 unspecified atom stereocenters. The number of nitrogens with zero attached hydrogens (tertiary/aromatic N) is 3. The van der Waals surface area contributed by atoms with Gasteiger partial charge in [-0.25, -0.2) is 14.6 Å². The van der Waals surface area contributed by atoms with Gasteiger partial charge in [-0.05, 0) is 57.4 Å². The Morgan fingerprint density at radius 1 is 1.25 bits per heavy atom. The summed E-state index contributed by atoms with van der Waals surface area (Å²) in [4.78, 5) is 51.2. The fourth-order valence-electron chi connectivity index (χ4n) is 5.10. The average Bonchev–Trinajstić information content (AvgIpc) is 3.38. The third-order valence-corrected chi connectivity index (χ3v) is 6.65. The van der Waals surface area contributed by atoms with Crippen LogP contribution in [-0.4, -0.2) is 63.6 Å². The number of nitroso groups, excluding NO2 is 1. The number of fused-ring (bicyclic) bond motifs is 1. The van der Waals surface area contributed by atoms with Crippen LogP contribution in [0, 0.1) is 10.8 Å². The van der Waals surface area contributed by atoms with Gasteiger partial charge in [-0.2, -0.15) is 0 Å². The first-order valence-corrected chi connectivity index (χ1v) is 11.3. The Hall–Kier alpha value is -2.97. The molecule has 1 aromatic carbocycles. The Morgan fingerprint density at radius 2 is 1.97 bits per heavy atom. The van der Waals surface area contributed by atoms with Gasteiger partial charge >= 0.3 is 11.9 Å². The molecule has 3 rings (SSSR count). The molecule has 1 aliphatic carbocycles. The van der Waals surface area contributed by atoms with Crippen molar-refractivity contribution < 1.29 is 24.2 Å². The number of hydrogen-bond acceptors (Lipinski definition) is 6. The van der Waals surface area contributed by atoms with Gasteiger partial charge in [-0.1, -0.05) is 36.8 Å². The highest BCUT2D eigenvalue weighted by Gasteiger charge is 2.50. The topological polar surface area (TPSA) is 117 Å². The van der Waals surface area contributed by atoms with Crippen LogP contribution in [0.5, 0.6) is 0 Å². The van der Waals surface area contributed by atoms with Gasteiger partial charge in [0.25, 0.3) is 0 Å². The summed E-state index contributed by atoms with van der Waals surface area (Å²) in [5.41, 5.74) is 0.978. The molecule has 1 aromatic rings. The van der Waals surface area contributed by atoms with E-state index in [-0.39, 0.29) is 25.0 Å². The maximum atomic E-state index is 13.4. The lowest BCUT2D eigenvalue weighted by Crippen LogP contribution is -2.55. The summed E-state index contributed by atoms with van der Waals surface area (Å²) in [6, 6.07) is 6.29. The van der Waals surface area contributed by atoms with E-state index < -0.39 is 36.0 Å². The van der Waals surface area contributed by atoms with E-state index in [1.807, 2.05) is 30.3 Å². The van der Waals surface area contributed by atoms with Crippen LogP contribution in [0.15, 0.2) is 35.6 Å². The van der Waals surface area contributed by atoms with Crippen LogP contribution in [0.2, 0.25) is 0 Å². The fraction of sp³-hybridized carbons (Fsp3) is 0.609. The molecule has 1 amide bonds. The summed E-state index contributed by atoms with van der Waals surface area (Å²) in [6.45, 7) is 3.30. The molecule has 2 aliphatic rings. The highest BCUT2D eigenvalue weighted by molar-refractivity contribution is 5.88. The number of aliphatic carboxylic acids is 1. The standard InChI is InChI=1S/C23H31N3O6/c1-3-32-23(30)19(13-12-16-8-5-4-6-9-16)26(24-31)15(2)21(27)25-18-11-7-10-17(18)14-20(25)22(28)29/h4-6,8-9,15,17-20H,3,7,10-14H2,1-2H3,(H,28,29)/t15-,17-,18-,19-,20-/m0/s1. The largest absolute Gasteiger partial charge is 0.480 e. The number of hydrogen-bond donors (Lipinski definition) is 1. The first kappa shape index (κ1) is 23.7. The zero-order valence-corrected chi connectivity index (χ0v) is 18.6. The number of benzene rings is 1. The number of aryl methyl sites for hydroxylation is 1. The van der Waals surface area contributed by atoms with E-state index in [2.05, 4.69) is 5.29 Å². The first-order chi connectivity index (χ1) is 15.4. The summed E-state index contributed by atoms with van der Waals surface area (Å²) in [6.07, 6.45) is 3.73. The summed E-state index contributed by atoms with van der Waals surface area (Å²) < 4.78 is 5.16. The Balaban J connectivity index is 1.81. The maximum Gasteiger partial charge on any atom is 0.330 e. The van der Waals surface area contributed by atoms with E-state index in [0.29, 0.717) is 12.8 Å². The lowest BCUT2D eigenvalue weighted by molar-refractivity contribution is -0.157. The van der Waals surface area contributed by atoms with Crippen LogP contribution in [0.1, 0.15) is 51.5 Å².